The van der Waals surface area contributed by atoms with Crippen molar-refractivity contribution in [1.29, 1.82) is 0 Å². The van der Waals surface area contributed by atoms with Crippen molar-refractivity contribution in [2.24, 2.45) is 23.2 Å². The molecule has 0 heterocycles. The van der Waals surface area contributed by atoms with Gasteiger partial charge in [0.15, 0.2) is 0 Å². The molecule has 4 aliphatic carbocycles. The van der Waals surface area contributed by atoms with Gasteiger partial charge in [0, 0.05) is 6.42 Å². The second-order valence-electron chi connectivity index (χ2n) is 7.78. The van der Waals surface area contributed by atoms with E-state index in [9.17, 15) is 10.2 Å². The van der Waals surface area contributed by atoms with E-state index in [1.54, 1.807) is 0 Å². The average molecular weight is 286 g/mol. The molecule has 0 radical (unpaired) electrons. The smallest absolute Gasteiger partial charge is 0.0963 e. The maximum absolute atomic E-state index is 10.4. The number of aliphatic hydroxyl groups is 2. The van der Waals surface area contributed by atoms with Crippen LogP contribution >= 0.6 is 0 Å². The number of hydrogen-bond donors (Lipinski definition) is 2. The highest BCUT2D eigenvalue weighted by atomic mass is 16.3. The summed E-state index contributed by atoms with van der Waals surface area (Å²) in [6.45, 7) is 2.32. The van der Waals surface area contributed by atoms with E-state index in [2.05, 4.69) is 19.1 Å². The Hall–Kier alpha value is -1.02. The van der Waals surface area contributed by atoms with E-state index in [1.165, 1.54) is 30.4 Å². The van der Waals surface area contributed by atoms with Gasteiger partial charge in [-0.05, 0) is 78.9 Å². The van der Waals surface area contributed by atoms with Crippen LogP contribution < -0.4 is 0 Å². The van der Waals surface area contributed by atoms with E-state index in [1.807, 2.05) is 6.08 Å². The van der Waals surface area contributed by atoms with Crippen LogP contribution in [0.5, 0.6) is 0 Å². The van der Waals surface area contributed by atoms with Crippen LogP contribution in [-0.2, 0) is 0 Å². The Morgan fingerprint density at radius 3 is 2.90 bits per heavy atom. The number of fused-ring (bicyclic) bond motifs is 4. The third kappa shape index (κ3) is 1.95. The van der Waals surface area contributed by atoms with Gasteiger partial charge in [0.2, 0.25) is 0 Å². The quantitative estimate of drug-likeness (QED) is 0.697. The molecule has 5 atom stereocenters. The third-order valence-corrected chi connectivity index (χ3v) is 6.87. The summed E-state index contributed by atoms with van der Waals surface area (Å²) in [5.74, 6) is 2.58. The molecule has 2 heteroatoms. The van der Waals surface area contributed by atoms with Crippen LogP contribution in [-0.4, -0.2) is 16.3 Å². The Bertz CT molecular complexity index is 542. The molecular formula is C19H26O2. The molecule has 21 heavy (non-hydrogen) atoms. The summed E-state index contributed by atoms with van der Waals surface area (Å²) in [4.78, 5) is 0. The SMILES string of the molecule is CC12CCC3C4=C(C=C(O)CC=C4)CCC3C1CCC2O. The lowest BCUT2D eigenvalue weighted by atomic mass is 9.55. The summed E-state index contributed by atoms with van der Waals surface area (Å²) >= 11 is 0. The van der Waals surface area contributed by atoms with Gasteiger partial charge >= 0.3 is 0 Å². The van der Waals surface area contributed by atoms with Crippen LogP contribution in [0.1, 0.15) is 51.9 Å². The highest BCUT2D eigenvalue weighted by molar-refractivity contribution is 5.41. The van der Waals surface area contributed by atoms with E-state index in [0.717, 1.165) is 25.2 Å². The van der Waals surface area contributed by atoms with E-state index in [4.69, 9.17) is 0 Å². The molecule has 0 aromatic heterocycles. The molecule has 0 aliphatic heterocycles. The maximum Gasteiger partial charge on any atom is 0.0963 e. The van der Waals surface area contributed by atoms with Gasteiger partial charge < -0.3 is 10.2 Å². The topological polar surface area (TPSA) is 40.5 Å². The summed E-state index contributed by atoms with van der Waals surface area (Å²) in [5, 5.41) is 20.3. The Labute approximate surface area is 127 Å². The van der Waals surface area contributed by atoms with Gasteiger partial charge in [-0.3, -0.25) is 0 Å². The van der Waals surface area contributed by atoms with Crippen molar-refractivity contribution in [2.75, 3.05) is 0 Å². The number of aliphatic hydroxyl groups excluding tert-OH is 2. The van der Waals surface area contributed by atoms with Gasteiger partial charge in [0.25, 0.3) is 0 Å². The molecule has 0 aromatic carbocycles. The predicted molar refractivity (Wildman–Crippen MR) is 83.8 cm³/mol. The minimum atomic E-state index is -0.0903. The molecule has 0 bridgehead atoms. The van der Waals surface area contributed by atoms with Crippen molar-refractivity contribution in [3.8, 4) is 0 Å². The molecule has 0 spiro atoms. The maximum atomic E-state index is 10.4. The van der Waals surface area contributed by atoms with Crippen molar-refractivity contribution in [2.45, 2.75) is 58.0 Å². The highest BCUT2D eigenvalue weighted by Crippen LogP contribution is 2.60. The Kier molecular flexibility index (Phi) is 3.08. The van der Waals surface area contributed by atoms with E-state index in [-0.39, 0.29) is 11.5 Å². The molecule has 5 unspecified atom stereocenters. The molecule has 4 rings (SSSR count). The molecular weight excluding hydrogens is 260 g/mol. The van der Waals surface area contributed by atoms with Gasteiger partial charge in [0.1, 0.15) is 0 Å². The Balaban J connectivity index is 1.70. The normalized spacial score (nSPS) is 45.5. The van der Waals surface area contributed by atoms with Crippen LogP contribution in [0.4, 0.5) is 0 Å². The number of rotatable bonds is 0. The minimum Gasteiger partial charge on any atom is -0.512 e. The van der Waals surface area contributed by atoms with Gasteiger partial charge in [-0.1, -0.05) is 19.1 Å². The zero-order valence-corrected chi connectivity index (χ0v) is 12.9. The van der Waals surface area contributed by atoms with Gasteiger partial charge in [-0.25, -0.2) is 0 Å². The molecule has 0 aromatic rings. The number of hydrogen-bond acceptors (Lipinski definition) is 2. The standard InChI is InChI=1S/C19H26O2/c1-19-10-9-15-14-4-2-3-13(20)11-12(14)5-6-16(15)17(19)7-8-18(19)21/h2,4,11,15-18,20-21H,3,5-10H2,1H3. The summed E-state index contributed by atoms with van der Waals surface area (Å²) < 4.78 is 0. The van der Waals surface area contributed by atoms with Crippen LogP contribution in [0.3, 0.4) is 0 Å². The first-order valence-corrected chi connectivity index (χ1v) is 8.57. The van der Waals surface area contributed by atoms with E-state index in [0.29, 0.717) is 24.0 Å². The Morgan fingerprint density at radius 2 is 2.05 bits per heavy atom. The summed E-state index contributed by atoms with van der Waals surface area (Å²) in [7, 11) is 0. The summed E-state index contributed by atoms with van der Waals surface area (Å²) in [5.41, 5.74) is 3.01. The average Bonchev–Trinajstić information content (AvgIpc) is 2.65. The van der Waals surface area contributed by atoms with Gasteiger partial charge in [-0.15, -0.1) is 0 Å². The molecule has 2 fully saturated rings. The summed E-state index contributed by atoms with van der Waals surface area (Å²) in [6.07, 6.45) is 13.9. The summed E-state index contributed by atoms with van der Waals surface area (Å²) in [6, 6.07) is 0. The molecule has 0 saturated heterocycles. The zero-order chi connectivity index (χ0) is 14.6. The van der Waals surface area contributed by atoms with E-state index >= 15 is 0 Å². The van der Waals surface area contributed by atoms with Crippen molar-refractivity contribution in [3.05, 3.63) is 35.1 Å². The van der Waals surface area contributed by atoms with Crippen LogP contribution in [0.2, 0.25) is 0 Å². The van der Waals surface area contributed by atoms with Crippen LogP contribution in [0.25, 0.3) is 0 Å². The molecule has 4 aliphatic rings. The second-order valence-corrected chi connectivity index (χ2v) is 7.78. The first kappa shape index (κ1) is 13.6. The minimum absolute atomic E-state index is 0.0903. The molecule has 2 N–H and O–H groups in total. The highest BCUT2D eigenvalue weighted by Gasteiger charge is 2.54. The number of allylic oxidation sites excluding steroid dienone is 5. The van der Waals surface area contributed by atoms with Crippen molar-refractivity contribution in [1.82, 2.24) is 0 Å². The lowest BCUT2D eigenvalue weighted by Gasteiger charge is -2.50. The lowest BCUT2D eigenvalue weighted by Crippen LogP contribution is -2.44. The monoisotopic (exact) mass is 286 g/mol. The molecule has 2 saturated carbocycles. The molecule has 114 valence electrons. The second kappa shape index (κ2) is 4.74. The van der Waals surface area contributed by atoms with Gasteiger partial charge in [-0.2, -0.15) is 0 Å². The molecule has 0 amide bonds. The lowest BCUT2D eigenvalue weighted by molar-refractivity contribution is -0.0296. The fraction of sp³-hybridized carbons (Fsp3) is 0.684. The Morgan fingerprint density at radius 1 is 1.19 bits per heavy atom. The van der Waals surface area contributed by atoms with Crippen LogP contribution in [0.15, 0.2) is 35.1 Å². The third-order valence-electron chi connectivity index (χ3n) is 6.87. The van der Waals surface area contributed by atoms with Crippen molar-refractivity contribution < 1.29 is 10.2 Å². The molecule has 2 nitrogen and oxygen atoms in total. The van der Waals surface area contributed by atoms with Crippen molar-refractivity contribution >= 4 is 0 Å². The van der Waals surface area contributed by atoms with Crippen molar-refractivity contribution in [3.63, 3.8) is 0 Å². The first-order chi connectivity index (χ1) is 10.1. The fourth-order valence-corrected chi connectivity index (χ4v) is 5.71. The first-order valence-electron chi connectivity index (χ1n) is 8.57. The van der Waals surface area contributed by atoms with E-state index < -0.39 is 0 Å². The van der Waals surface area contributed by atoms with Gasteiger partial charge in [0.05, 0.1) is 11.9 Å². The fourth-order valence-electron chi connectivity index (χ4n) is 5.71. The van der Waals surface area contributed by atoms with Crippen LogP contribution in [0, 0.1) is 23.2 Å². The predicted octanol–water partition coefficient (Wildman–Crippen LogP) is 4.28. The zero-order valence-electron chi connectivity index (χ0n) is 12.9. The largest absolute Gasteiger partial charge is 0.512 e.